The van der Waals surface area contributed by atoms with E-state index < -0.39 is 0 Å². The van der Waals surface area contributed by atoms with E-state index in [-0.39, 0.29) is 6.04 Å². The maximum absolute atomic E-state index is 5.95. The number of rotatable bonds is 5. The predicted octanol–water partition coefficient (Wildman–Crippen LogP) is 1.90. The van der Waals surface area contributed by atoms with Crippen molar-refractivity contribution in [2.75, 3.05) is 6.61 Å². The van der Waals surface area contributed by atoms with E-state index >= 15 is 0 Å². The van der Waals surface area contributed by atoms with Crippen molar-refractivity contribution in [1.82, 2.24) is 10.1 Å². The molecular formula is C12H15N3O3. The summed E-state index contributed by atoms with van der Waals surface area (Å²) < 4.78 is 15.9. The Morgan fingerprint density at radius 3 is 3.06 bits per heavy atom. The minimum Gasteiger partial charge on any atom is -0.459 e. The van der Waals surface area contributed by atoms with Crippen LogP contribution in [0.1, 0.15) is 31.1 Å². The summed E-state index contributed by atoms with van der Waals surface area (Å²) in [6.45, 7) is 0.418. The number of ether oxygens (including phenoxy) is 1. The molecule has 0 spiro atoms. The molecule has 0 bridgehead atoms. The van der Waals surface area contributed by atoms with Gasteiger partial charge in [-0.2, -0.15) is 4.98 Å². The van der Waals surface area contributed by atoms with E-state index in [4.69, 9.17) is 19.4 Å². The van der Waals surface area contributed by atoms with Crippen molar-refractivity contribution < 1.29 is 13.7 Å². The molecule has 2 aromatic heterocycles. The van der Waals surface area contributed by atoms with Gasteiger partial charge in [0, 0.05) is 0 Å². The molecular weight excluding hydrogens is 234 g/mol. The van der Waals surface area contributed by atoms with Crippen molar-refractivity contribution >= 4 is 0 Å². The van der Waals surface area contributed by atoms with Crippen LogP contribution in [-0.4, -0.2) is 22.9 Å². The van der Waals surface area contributed by atoms with E-state index in [9.17, 15) is 0 Å². The first-order valence-corrected chi connectivity index (χ1v) is 6.07. The average Bonchev–Trinajstić information content (AvgIpc) is 2.97. The van der Waals surface area contributed by atoms with Gasteiger partial charge in [-0.25, -0.2) is 0 Å². The van der Waals surface area contributed by atoms with Crippen LogP contribution in [0.5, 0.6) is 0 Å². The summed E-state index contributed by atoms with van der Waals surface area (Å²) in [5, 5.41) is 3.84. The number of nitrogens with two attached hydrogens (primary N) is 1. The zero-order valence-corrected chi connectivity index (χ0v) is 9.91. The lowest BCUT2D eigenvalue weighted by Gasteiger charge is -2.26. The van der Waals surface area contributed by atoms with Crippen molar-refractivity contribution in [1.29, 1.82) is 0 Å². The van der Waals surface area contributed by atoms with Crippen LogP contribution < -0.4 is 5.73 Å². The maximum Gasteiger partial charge on any atom is 0.293 e. The van der Waals surface area contributed by atoms with E-state index in [1.807, 2.05) is 0 Å². The van der Waals surface area contributed by atoms with Crippen LogP contribution in [-0.2, 0) is 4.74 Å². The average molecular weight is 249 g/mol. The molecule has 1 unspecified atom stereocenters. The Morgan fingerprint density at radius 1 is 1.50 bits per heavy atom. The smallest absolute Gasteiger partial charge is 0.293 e. The maximum atomic E-state index is 5.95. The zero-order valence-electron chi connectivity index (χ0n) is 9.91. The number of aromatic nitrogens is 2. The van der Waals surface area contributed by atoms with Crippen molar-refractivity contribution in [3.63, 3.8) is 0 Å². The topological polar surface area (TPSA) is 87.3 Å². The van der Waals surface area contributed by atoms with Gasteiger partial charge in [-0.1, -0.05) is 5.16 Å². The summed E-state index contributed by atoms with van der Waals surface area (Å²) in [6.07, 6.45) is 5.39. The molecule has 0 amide bonds. The molecule has 0 saturated heterocycles. The summed E-state index contributed by atoms with van der Waals surface area (Å²) in [4.78, 5) is 4.20. The first kappa shape index (κ1) is 11.4. The predicted molar refractivity (Wildman–Crippen MR) is 62.5 cm³/mol. The number of nitrogens with zero attached hydrogens (tertiary/aromatic N) is 2. The minimum absolute atomic E-state index is 0.342. The van der Waals surface area contributed by atoms with E-state index in [1.165, 1.54) is 6.42 Å². The Balaban J connectivity index is 1.61. The Morgan fingerprint density at radius 2 is 2.39 bits per heavy atom. The van der Waals surface area contributed by atoms with Crippen LogP contribution in [0.15, 0.2) is 27.3 Å². The SMILES string of the molecule is NC(COC1CCC1)c1noc(-c2ccco2)n1. The van der Waals surface area contributed by atoms with Gasteiger partial charge >= 0.3 is 0 Å². The first-order chi connectivity index (χ1) is 8.83. The van der Waals surface area contributed by atoms with Crippen molar-refractivity contribution in [3.05, 3.63) is 24.2 Å². The van der Waals surface area contributed by atoms with Crippen LogP contribution in [0.3, 0.4) is 0 Å². The number of hydrogen-bond acceptors (Lipinski definition) is 6. The third kappa shape index (κ3) is 2.30. The second-order valence-corrected chi connectivity index (χ2v) is 4.43. The highest BCUT2D eigenvalue weighted by molar-refractivity contribution is 5.42. The standard InChI is InChI=1S/C12H15N3O3/c13-9(7-17-8-3-1-4-8)11-14-12(18-15-11)10-5-2-6-16-10/h2,5-6,8-9H,1,3-4,7,13H2. The van der Waals surface area contributed by atoms with Gasteiger partial charge in [-0.15, -0.1) is 0 Å². The second-order valence-electron chi connectivity index (χ2n) is 4.43. The van der Waals surface area contributed by atoms with Gasteiger partial charge in [-0.05, 0) is 31.4 Å². The molecule has 0 radical (unpaired) electrons. The zero-order chi connectivity index (χ0) is 12.4. The number of hydrogen-bond donors (Lipinski definition) is 1. The fraction of sp³-hybridized carbons (Fsp3) is 0.500. The van der Waals surface area contributed by atoms with Crippen LogP contribution in [0.4, 0.5) is 0 Å². The molecule has 1 aliphatic carbocycles. The third-order valence-corrected chi connectivity index (χ3v) is 3.07. The highest BCUT2D eigenvalue weighted by atomic mass is 16.5. The highest BCUT2D eigenvalue weighted by Gasteiger charge is 2.21. The summed E-state index contributed by atoms with van der Waals surface area (Å²) in [6, 6.07) is 3.16. The van der Waals surface area contributed by atoms with E-state index in [0.717, 1.165) is 12.8 Å². The molecule has 1 saturated carbocycles. The molecule has 18 heavy (non-hydrogen) atoms. The molecule has 6 nitrogen and oxygen atoms in total. The first-order valence-electron chi connectivity index (χ1n) is 6.07. The fourth-order valence-corrected chi connectivity index (χ4v) is 1.74. The van der Waals surface area contributed by atoms with Crippen molar-refractivity contribution in [2.45, 2.75) is 31.4 Å². The molecule has 1 atom stereocenters. The quantitative estimate of drug-likeness (QED) is 0.870. The lowest BCUT2D eigenvalue weighted by Crippen LogP contribution is -2.27. The summed E-state index contributed by atoms with van der Waals surface area (Å²) >= 11 is 0. The van der Waals surface area contributed by atoms with E-state index in [1.54, 1.807) is 18.4 Å². The van der Waals surface area contributed by atoms with Gasteiger partial charge in [0.2, 0.25) is 0 Å². The summed E-state index contributed by atoms with van der Waals surface area (Å²) in [5.41, 5.74) is 5.95. The molecule has 1 fully saturated rings. The van der Waals surface area contributed by atoms with Crippen LogP contribution in [0, 0.1) is 0 Å². The third-order valence-electron chi connectivity index (χ3n) is 3.07. The molecule has 96 valence electrons. The minimum atomic E-state index is -0.363. The van der Waals surface area contributed by atoms with Gasteiger partial charge < -0.3 is 19.4 Å². The molecule has 2 heterocycles. The monoisotopic (exact) mass is 249 g/mol. The van der Waals surface area contributed by atoms with Crippen LogP contribution in [0.2, 0.25) is 0 Å². The summed E-state index contributed by atoms with van der Waals surface area (Å²) in [7, 11) is 0. The van der Waals surface area contributed by atoms with Crippen LogP contribution in [0.25, 0.3) is 11.7 Å². The lowest BCUT2D eigenvalue weighted by molar-refractivity contribution is -0.00549. The Labute approximate surface area is 104 Å². The molecule has 3 rings (SSSR count). The van der Waals surface area contributed by atoms with Gasteiger partial charge in [0.1, 0.15) is 0 Å². The normalized spacial score (nSPS) is 17.6. The Hall–Kier alpha value is -1.66. The molecule has 0 aliphatic heterocycles. The fourth-order valence-electron chi connectivity index (χ4n) is 1.74. The van der Waals surface area contributed by atoms with Gasteiger partial charge in [-0.3, -0.25) is 0 Å². The molecule has 2 N–H and O–H groups in total. The molecule has 0 aromatic carbocycles. The molecule has 1 aliphatic rings. The highest BCUT2D eigenvalue weighted by Crippen LogP contribution is 2.23. The van der Waals surface area contributed by atoms with Crippen LogP contribution >= 0.6 is 0 Å². The van der Waals surface area contributed by atoms with E-state index in [2.05, 4.69) is 10.1 Å². The van der Waals surface area contributed by atoms with Gasteiger partial charge in [0.25, 0.3) is 5.89 Å². The number of furan rings is 1. The second kappa shape index (κ2) is 4.91. The van der Waals surface area contributed by atoms with Crippen molar-refractivity contribution in [2.24, 2.45) is 5.73 Å². The molecule has 6 heteroatoms. The largest absolute Gasteiger partial charge is 0.459 e. The molecule has 2 aromatic rings. The van der Waals surface area contributed by atoms with Gasteiger partial charge in [0.05, 0.1) is 25.0 Å². The van der Waals surface area contributed by atoms with Crippen molar-refractivity contribution in [3.8, 4) is 11.7 Å². The summed E-state index contributed by atoms with van der Waals surface area (Å²) in [5.74, 6) is 1.33. The Kier molecular flexibility index (Phi) is 3.12. The van der Waals surface area contributed by atoms with Gasteiger partial charge in [0.15, 0.2) is 11.6 Å². The lowest BCUT2D eigenvalue weighted by atomic mass is 9.96. The van der Waals surface area contributed by atoms with E-state index in [0.29, 0.717) is 30.2 Å². The Bertz CT molecular complexity index is 490.